The monoisotopic (exact) mass is 608 g/mol. The quantitative estimate of drug-likeness (QED) is 0.102. The molecule has 2 aliphatic carbocycles. The zero-order chi connectivity index (χ0) is 29.2. The minimum atomic E-state index is -2.25. The van der Waals surface area contributed by atoms with Gasteiger partial charge in [0.2, 0.25) is 5.95 Å². The van der Waals surface area contributed by atoms with Crippen molar-refractivity contribution in [3.8, 4) is 5.75 Å². The van der Waals surface area contributed by atoms with Gasteiger partial charge in [0, 0.05) is 43.9 Å². The van der Waals surface area contributed by atoms with Crippen LogP contribution >= 0.6 is 8.60 Å². The number of azide groups is 1. The number of nitrogens with one attached hydrogen (secondary N) is 2. The van der Waals surface area contributed by atoms with Crippen LogP contribution in [0.5, 0.6) is 5.75 Å². The predicted molar refractivity (Wildman–Crippen MR) is 154 cm³/mol. The Hall–Kier alpha value is -2.37. The van der Waals surface area contributed by atoms with Gasteiger partial charge in [-0.15, -0.1) is 0 Å². The van der Waals surface area contributed by atoms with Crippen LogP contribution in [-0.4, -0.2) is 49.2 Å². The maximum Gasteiger partial charge on any atom is 1.00 e. The maximum atomic E-state index is 13.2. The Morgan fingerprint density at radius 2 is 2.02 bits per heavy atom. The molecule has 2 aromatic rings. The van der Waals surface area contributed by atoms with Crippen molar-refractivity contribution in [2.24, 2.45) is 10.7 Å². The number of aryl methyl sites for hydroxylation is 1. The van der Waals surface area contributed by atoms with Crippen molar-refractivity contribution >= 4 is 26.3 Å². The fourth-order valence-corrected chi connectivity index (χ4v) is 5.50. The van der Waals surface area contributed by atoms with Crippen LogP contribution in [0.4, 0.5) is 11.8 Å². The average Bonchev–Trinajstić information content (AvgIpc) is 3.63. The Kier molecular flexibility index (Phi) is 13.4. The van der Waals surface area contributed by atoms with Crippen LogP contribution in [0.25, 0.3) is 10.4 Å². The Balaban J connectivity index is 0.000000475. The number of anilines is 2. The number of nitrogens with zero attached hydrogens (tertiary/aromatic N) is 6. The number of amides is 1. The second kappa shape index (κ2) is 16.5. The smallest absolute Gasteiger partial charge is 0.775 e. The van der Waals surface area contributed by atoms with Gasteiger partial charge in [0.25, 0.3) is 5.91 Å². The Bertz CT molecular complexity index is 1240. The molecular formula is C27H38N8NaO5P. The zero-order valence-corrected chi connectivity index (χ0v) is 27.7. The van der Waals surface area contributed by atoms with Crippen LogP contribution in [0, 0.1) is 12.3 Å². The number of ether oxygens (including phenoxy) is 1. The molecule has 0 radical (unpaired) electrons. The molecule has 2 N–H and O–H groups in total. The molecule has 13 nitrogen and oxygen atoms in total. The van der Waals surface area contributed by atoms with Crippen LogP contribution in [0.1, 0.15) is 72.9 Å². The van der Waals surface area contributed by atoms with Crippen molar-refractivity contribution in [3.05, 3.63) is 51.5 Å². The van der Waals surface area contributed by atoms with Gasteiger partial charge in [-0.1, -0.05) is 31.4 Å². The molecule has 1 aromatic heterocycles. The Labute approximate surface area is 270 Å². The van der Waals surface area contributed by atoms with E-state index in [-0.39, 0.29) is 41.5 Å². The van der Waals surface area contributed by atoms with E-state index < -0.39 is 8.60 Å². The maximum absolute atomic E-state index is 13.2. The largest absolute Gasteiger partial charge is 1.00 e. The van der Waals surface area contributed by atoms with Crippen LogP contribution in [0.3, 0.4) is 0 Å². The van der Waals surface area contributed by atoms with E-state index in [0.29, 0.717) is 23.3 Å². The van der Waals surface area contributed by atoms with Gasteiger partial charge in [-0.05, 0) is 67.2 Å². The second-order valence-corrected chi connectivity index (χ2v) is 11.7. The summed E-state index contributed by atoms with van der Waals surface area (Å²) in [6.45, 7) is 4.63. The second-order valence-electron chi connectivity index (χ2n) is 10.7. The van der Waals surface area contributed by atoms with Gasteiger partial charge in [0.1, 0.15) is 22.4 Å². The normalized spacial score (nSPS) is 17.6. The van der Waals surface area contributed by atoms with Crippen molar-refractivity contribution in [2.45, 2.75) is 70.9 Å². The number of aromatic nitrogens is 2. The first kappa shape index (κ1) is 34.1. The molecule has 3 aliphatic rings. The Morgan fingerprint density at radius 3 is 2.64 bits per heavy atom. The summed E-state index contributed by atoms with van der Waals surface area (Å²) < 4.78 is 13.3. The number of rotatable bonds is 10. The molecule has 222 valence electrons. The third-order valence-corrected chi connectivity index (χ3v) is 8.35. The molecule has 3 fully saturated rings. The first-order valence-corrected chi connectivity index (χ1v) is 15.0. The number of methoxy groups -OCH3 is 1. The third kappa shape index (κ3) is 9.57. The van der Waals surface area contributed by atoms with Crippen molar-refractivity contribution in [3.63, 3.8) is 0 Å². The van der Waals surface area contributed by atoms with Crippen molar-refractivity contribution in [2.75, 3.05) is 37.5 Å². The van der Waals surface area contributed by atoms with Crippen LogP contribution < -0.4 is 54.7 Å². The molecule has 1 spiro atoms. The van der Waals surface area contributed by atoms with E-state index >= 15 is 0 Å². The SMILES string of the molecule is COP([O-])ON=[N+]=[N-].COc1ccc(CNc2nc(N3CCC4(CC4)C3)ncc2C(=O)NC2CCCCC2)cc1C.[Na+]. The van der Waals surface area contributed by atoms with E-state index in [1.807, 2.05) is 19.1 Å². The summed E-state index contributed by atoms with van der Waals surface area (Å²) in [6.07, 6.45) is 11.3. The van der Waals surface area contributed by atoms with Crippen molar-refractivity contribution in [1.29, 1.82) is 0 Å². The third-order valence-electron chi connectivity index (χ3n) is 7.85. The molecule has 1 atom stereocenters. The molecule has 0 bridgehead atoms. The number of carbonyl (C=O) groups is 1. The number of hydrogen-bond donors (Lipinski definition) is 2. The van der Waals surface area contributed by atoms with Gasteiger partial charge in [-0.25, -0.2) is 4.98 Å². The first-order valence-electron chi connectivity index (χ1n) is 13.9. The van der Waals surface area contributed by atoms with Gasteiger partial charge < -0.3 is 34.3 Å². The van der Waals surface area contributed by atoms with E-state index in [1.165, 1.54) is 45.6 Å². The number of hydrogen-bond acceptors (Lipinski definition) is 10. The van der Waals surface area contributed by atoms with Gasteiger partial charge in [-0.2, -0.15) is 4.98 Å². The van der Waals surface area contributed by atoms with E-state index in [9.17, 15) is 9.69 Å². The summed E-state index contributed by atoms with van der Waals surface area (Å²) in [4.78, 5) is 37.1. The molecule has 1 saturated heterocycles. The van der Waals surface area contributed by atoms with E-state index in [2.05, 4.69) is 45.9 Å². The summed E-state index contributed by atoms with van der Waals surface area (Å²) in [7, 11) is 0.602. The van der Waals surface area contributed by atoms with E-state index in [1.54, 1.807) is 13.3 Å². The molecule has 2 saturated carbocycles. The molecule has 1 unspecified atom stereocenters. The molecule has 1 amide bonds. The minimum Gasteiger partial charge on any atom is -0.775 e. The minimum absolute atomic E-state index is 0. The first-order chi connectivity index (χ1) is 19.9. The van der Waals surface area contributed by atoms with Gasteiger partial charge in [-0.3, -0.25) is 4.79 Å². The summed E-state index contributed by atoms with van der Waals surface area (Å²) in [5.74, 6) is 2.13. The van der Waals surface area contributed by atoms with E-state index in [4.69, 9.17) is 15.3 Å². The molecule has 42 heavy (non-hydrogen) atoms. The molecule has 2 heterocycles. The fraction of sp³-hybridized carbons (Fsp3) is 0.593. The van der Waals surface area contributed by atoms with Gasteiger partial charge in [0.05, 0.1) is 7.11 Å². The van der Waals surface area contributed by atoms with Gasteiger partial charge >= 0.3 is 29.6 Å². The van der Waals surface area contributed by atoms with Gasteiger partial charge in [0.15, 0.2) is 8.60 Å². The zero-order valence-electron chi connectivity index (χ0n) is 24.8. The van der Waals surface area contributed by atoms with Crippen LogP contribution in [-0.2, 0) is 15.7 Å². The molecule has 1 aliphatic heterocycles. The molecule has 5 rings (SSSR count). The average molecular weight is 609 g/mol. The standard InChI is InChI=1S/C26H35N5O2.CH3N3O3P.Na/c1-18-14-19(8-9-22(18)33-2)15-27-23-21(24(32)29-20-6-4-3-5-7-20)16-28-25(30-23)31-13-12-26(17-31)10-11-26;1-6-8(5)7-4-3-2;/h8-9,14,16,20H,3-7,10-13,15,17H2,1-2H3,(H,29,32)(H,27,28,30);1H3;/q;-1;+1. The summed E-state index contributed by atoms with van der Waals surface area (Å²) in [5.41, 5.74) is 10.8. The molecule has 15 heteroatoms. The van der Waals surface area contributed by atoms with E-state index in [0.717, 1.165) is 48.8 Å². The Morgan fingerprint density at radius 1 is 1.26 bits per heavy atom. The fourth-order valence-electron chi connectivity index (χ4n) is 5.34. The summed E-state index contributed by atoms with van der Waals surface area (Å²) >= 11 is 0. The number of carbonyl (C=O) groups excluding carboxylic acids is 1. The topological polar surface area (TPSA) is 170 Å². The summed E-state index contributed by atoms with van der Waals surface area (Å²) in [5, 5.41) is 9.17. The predicted octanol–water partition coefficient (Wildman–Crippen LogP) is 1.92. The molecule has 1 aromatic carbocycles. The number of benzene rings is 1. The van der Waals surface area contributed by atoms with Crippen LogP contribution in [0.2, 0.25) is 0 Å². The summed E-state index contributed by atoms with van der Waals surface area (Å²) in [6, 6.07) is 6.37. The van der Waals surface area contributed by atoms with Crippen LogP contribution in [0.15, 0.2) is 29.7 Å². The van der Waals surface area contributed by atoms with Crippen molar-refractivity contribution in [1.82, 2.24) is 15.3 Å². The van der Waals surface area contributed by atoms with Crippen molar-refractivity contribution < 1.29 is 53.1 Å². The molecular weight excluding hydrogens is 570 g/mol.